The van der Waals surface area contributed by atoms with Gasteiger partial charge in [0.2, 0.25) is 0 Å². The van der Waals surface area contributed by atoms with Crippen molar-refractivity contribution in [1.82, 2.24) is 5.06 Å². The van der Waals surface area contributed by atoms with Crippen LogP contribution in [0.1, 0.15) is 62.8 Å². The zero-order chi connectivity index (χ0) is 16.2. The first-order valence-electron chi connectivity index (χ1n) is 9.02. The largest absolute Gasteiger partial charge is 0.785 e. The van der Waals surface area contributed by atoms with E-state index < -0.39 is 0 Å². The van der Waals surface area contributed by atoms with Gasteiger partial charge >= 0.3 is 0 Å². The summed E-state index contributed by atoms with van der Waals surface area (Å²) in [6, 6.07) is 7.89. The molecule has 126 valence electrons. The first kappa shape index (κ1) is 16.6. The van der Waals surface area contributed by atoms with Gasteiger partial charge in [-0.15, -0.1) is 4.91 Å². The van der Waals surface area contributed by atoms with E-state index in [0.29, 0.717) is 23.4 Å². The van der Waals surface area contributed by atoms with Gasteiger partial charge in [0.05, 0.1) is 0 Å². The van der Waals surface area contributed by atoms with Crippen molar-refractivity contribution in [3.8, 4) is 0 Å². The van der Waals surface area contributed by atoms with Crippen LogP contribution >= 0.6 is 0 Å². The summed E-state index contributed by atoms with van der Waals surface area (Å²) in [5.74, 6) is 1.74. The van der Waals surface area contributed by atoms with E-state index in [-0.39, 0.29) is 6.04 Å². The third-order valence-corrected chi connectivity index (χ3v) is 6.05. The SMILES string of the molecule is CN([O-])C1CCC(c2ccc(N=O)cc2)CC1C1CCCCC1. The molecule has 3 rings (SSSR count). The van der Waals surface area contributed by atoms with Crippen LogP contribution in [0.25, 0.3) is 0 Å². The van der Waals surface area contributed by atoms with Crippen LogP contribution < -0.4 is 0 Å². The molecule has 0 bridgehead atoms. The molecule has 1 aromatic carbocycles. The van der Waals surface area contributed by atoms with Crippen molar-refractivity contribution in [2.75, 3.05) is 7.05 Å². The predicted molar refractivity (Wildman–Crippen MR) is 93.5 cm³/mol. The van der Waals surface area contributed by atoms with Crippen LogP contribution in [0.15, 0.2) is 29.4 Å². The summed E-state index contributed by atoms with van der Waals surface area (Å²) < 4.78 is 0. The monoisotopic (exact) mass is 315 g/mol. The minimum absolute atomic E-state index is 0.185. The lowest BCUT2D eigenvalue weighted by Gasteiger charge is -2.48. The van der Waals surface area contributed by atoms with E-state index in [9.17, 15) is 10.1 Å². The summed E-state index contributed by atoms with van der Waals surface area (Å²) in [5.41, 5.74) is 1.79. The number of benzene rings is 1. The van der Waals surface area contributed by atoms with E-state index in [4.69, 9.17) is 0 Å². The van der Waals surface area contributed by atoms with E-state index in [1.54, 1.807) is 7.05 Å². The standard InChI is InChI=1S/C19H27N2O2/c1-21(23)19-12-9-16(14-7-10-17(20-22)11-8-14)13-18(19)15-5-3-2-4-6-15/h7-8,10-11,15-16,18-19H,2-6,9,12-13H2,1H3/q-1. The Morgan fingerprint density at radius 2 is 1.74 bits per heavy atom. The second-order valence-electron chi connectivity index (χ2n) is 7.37. The molecule has 0 saturated heterocycles. The molecule has 4 heteroatoms. The van der Waals surface area contributed by atoms with Crippen LogP contribution in [0.5, 0.6) is 0 Å². The maximum atomic E-state index is 12.0. The van der Waals surface area contributed by atoms with Crippen LogP contribution in [0.3, 0.4) is 0 Å². The van der Waals surface area contributed by atoms with Gasteiger partial charge in [0.25, 0.3) is 0 Å². The Morgan fingerprint density at radius 3 is 2.35 bits per heavy atom. The molecule has 3 unspecified atom stereocenters. The van der Waals surface area contributed by atoms with E-state index in [1.807, 2.05) is 24.3 Å². The van der Waals surface area contributed by atoms with Crippen LogP contribution in [-0.2, 0) is 0 Å². The first-order chi connectivity index (χ1) is 11.2. The first-order valence-corrected chi connectivity index (χ1v) is 9.02. The van der Waals surface area contributed by atoms with Crippen molar-refractivity contribution in [2.24, 2.45) is 17.0 Å². The molecular weight excluding hydrogens is 288 g/mol. The fourth-order valence-electron chi connectivity index (χ4n) is 4.82. The molecule has 4 nitrogen and oxygen atoms in total. The molecule has 1 aromatic rings. The maximum absolute atomic E-state index is 12.0. The third-order valence-electron chi connectivity index (χ3n) is 6.05. The molecular formula is C19H27N2O2-. The van der Waals surface area contributed by atoms with Crippen molar-refractivity contribution < 1.29 is 0 Å². The zero-order valence-electron chi connectivity index (χ0n) is 14.0. The fraction of sp³-hybridized carbons (Fsp3) is 0.684. The van der Waals surface area contributed by atoms with Gasteiger partial charge < -0.3 is 10.3 Å². The molecule has 0 N–H and O–H groups in total. The molecule has 0 aromatic heterocycles. The molecule has 23 heavy (non-hydrogen) atoms. The topological polar surface area (TPSA) is 55.7 Å². The van der Waals surface area contributed by atoms with Crippen LogP contribution in [0.2, 0.25) is 0 Å². The molecule has 0 spiro atoms. The average molecular weight is 315 g/mol. The number of nitroso groups, excluding NO2 is 1. The predicted octanol–water partition coefficient (Wildman–Crippen LogP) is 5.35. The van der Waals surface area contributed by atoms with Crippen molar-refractivity contribution in [3.63, 3.8) is 0 Å². The maximum Gasteiger partial charge on any atom is 0.108 e. The zero-order valence-corrected chi connectivity index (χ0v) is 14.0. The van der Waals surface area contributed by atoms with Gasteiger partial charge in [0.15, 0.2) is 0 Å². The highest BCUT2D eigenvalue weighted by molar-refractivity contribution is 5.39. The van der Waals surface area contributed by atoms with Crippen molar-refractivity contribution >= 4 is 5.69 Å². The molecule has 0 amide bonds. The highest BCUT2D eigenvalue weighted by Gasteiger charge is 2.36. The van der Waals surface area contributed by atoms with E-state index in [2.05, 4.69) is 5.18 Å². The second kappa shape index (κ2) is 7.54. The Morgan fingerprint density at radius 1 is 1.04 bits per heavy atom. The normalized spacial score (nSPS) is 29.6. The molecule has 0 radical (unpaired) electrons. The van der Waals surface area contributed by atoms with Crippen LogP contribution in [0.4, 0.5) is 5.69 Å². The molecule has 2 aliphatic rings. The molecule has 2 saturated carbocycles. The second-order valence-corrected chi connectivity index (χ2v) is 7.37. The molecule has 0 heterocycles. The highest BCUT2D eigenvalue weighted by atomic mass is 16.5. The lowest BCUT2D eigenvalue weighted by molar-refractivity contribution is 0.0902. The van der Waals surface area contributed by atoms with Crippen molar-refractivity contribution in [2.45, 2.75) is 63.3 Å². The minimum Gasteiger partial charge on any atom is -0.785 e. The summed E-state index contributed by atoms with van der Waals surface area (Å²) in [6.07, 6.45) is 9.72. The summed E-state index contributed by atoms with van der Waals surface area (Å²) in [7, 11) is 1.70. The number of hydroxylamine groups is 2. The minimum atomic E-state index is 0.185. The summed E-state index contributed by atoms with van der Waals surface area (Å²) in [4.78, 5) is 10.6. The molecule has 2 fully saturated rings. The van der Waals surface area contributed by atoms with Gasteiger partial charge in [0.1, 0.15) is 5.69 Å². The third kappa shape index (κ3) is 3.81. The summed E-state index contributed by atoms with van der Waals surface area (Å²) >= 11 is 0. The Hall–Kier alpha value is -1.26. The quantitative estimate of drug-likeness (QED) is 0.556. The lowest BCUT2D eigenvalue weighted by atomic mass is 9.66. The Labute approximate surface area is 138 Å². The van der Waals surface area contributed by atoms with Gasteiger partial charge in [-0.05, 0) is 66.9 Å². The van der Waals surface area contributed by atoms with E-state index in [0.717, 1.165) is 19.3 Å². The van der Waals surface area contributed by atoms with Gasteiger partial charge in [-0.2, -0.15) is 0 Å². The summed E-state index contributed by atoms with van der Waals surface area (Å²) in [6.45, 7) is 0. The number of hydrogen-bond acceptors (Lipinski definition) is 4. The van der Waals surface area contributed by atoms with Crippen molar-refractivity contribution in [1.29, 1.82) is 0 Å². The van der Waals surface area contributed by atoms with E-state index >= 15 is 0 Å². The fourth-order valence-corrected chi connectivity index (χ4v) is 4.82. The Balaban J connectivity index is 1.75. The Kier molecular flexibility index (Phi) is 5.44. The van der Waals surface area contributed by atoms with Crippen molar-refractivity contribution in [3.05, 3.63) is 39.9 Å². The van der Waals surface area contributed by atoms with Gasteiger partial charge in [0, 0.05) is 6.04 Å². The average Bonchev–Trinajstić information content (AvgIpc) is 2.62. The molecule has 0 aliphatic heterocycles. The molecule has 2 aliphatic carbocycles. The van der Waals surface area contributed by atoms with Gasteiger partial charge in [-0.3, -0.25) is 0 Å². The Bertz CT molecular complexity index is 509. The van der Waals surface area contributed by atoms with Gasteiger partial charge in [-0.1, -0.05) is 44.2 Å². The van der Waals surface area contributed by atoms with Crippen LogP contribution in [0, 0.1) is 22.0 Å². The van der Waals surface area contributed by atoms with Gasteiger partial charge in [-0.25, -0.2) is 0 Å². The number of rotatable bonds is 4. The van der Waals surface area contributed by atoms with E-state index in [1.165, 1.54) is 42.7 Å². The smallest absolute Gasteiger partial charge is 0.108 e. The molecule has 3 atom stereocenters. The number of nitrogens with zero attached hydrogens (tertiary/aromatic N) is 2. The number of hydrogen-bond donors (Lipinski definition) is 0. The summed E-state index contributed by atoms with van der Waals surface area (Å²) in [5, 5.41) is 16.2. The van der Waals surface area contributed by atoms with Crippen LogP contribution in [-0.4, -0.2) is 18.2 Å². The lowest BCUT2D eigenvalue weighted by Crippen LogP contribution is -2.42. The highest BCUT2D eigenvalue weighted by Crippen LogP contribution is 2.45.